The minimum atomic E-state index is -3.98. The number of carbonyl (C=O) groups excluding carboxylic acids is 2. The van der Waals surface area contributed by atoms with E-state index >= 15 is 0 Å². The standard InChI is InChI=1S/C29H25Cl2N3O4S/c1-16(2)39(37,38)33-29(36)27-26(20-9-5-7-11-25(20)35)21-12-17(3)22(30)14-24(21)34(27)15-19-13-18-8-4-6-10-23(18)32-28(19)31/h4-10,12-14,16H,11,15H2,1-3H3,(H,33,36). The van der Waals surface area contributed by atoms with Gasteiger partial charge < -0.3 is 4.57 Å². The van der Waals surface area contributed by atoms with E-state index in [1.54, 1.807) is 28.9 Å². The van der Waals surface area contributed by atoms with Crippen LogP contribution in [-0.2, 0) is 21.4 Å². The molecule has 2 aromatic carbocycles. The van der Waals surface area contributed by atoms with Gasteiger partial charge in [0, 0.05) is 38.9 Å². The molecule has 5 rings (SSSR count). The maximum Gasteiger partial charge on any atom is 0.282 e. The number of halogens is 2. The third kappa shape index (κ3) is 5.00. The van der Waals surface area contributed by atoms with Gasteiger partial charge in [-0.1, -0.05) is 59.6 Å². The van der Waals surface area contributed by atoms with Crippen molar-refractivity contribution in [2.24, 2.45) is 0 Å². The summed E-state index contributed by atoms with van der Waals surface area (Å²) in [6, 6.07) is 12.9. The van der Waals surface area contributed by atoms with Gasteiger partial charge in [0.2, 0.25) is 10.0 Å². The van der Waals surface area contributed by atoms with Gasteiger partial charge >= 0.3 is 0 Å². The number of Topliss-reactive ketones (excluding diaryl/α,β-unsaturated/α-hetero) is 1. The Morgan fingerprint density at radius 2 is 1.90 bits per heavy atom. The number of nitrogens with one attached hydrogen (secondary N) is 1. The smallest absolute Gasteiger partial charge is 0.282 e. The van der Waals surface area contributed by atoms with Crippen LogP contribution in [-0.4, -0.2) is 34.9 Å². The molecule has 2 aromatic heterocycles. The quantitative estimate of drug-likeness (QED) is 0.272. The molecule has 0 radical (unpaired) electrons. The molecule has 0 saturated heterocycles. The number of hydrogen-bond donors (Lipinski definition) is 1. The summed E-state index contributed by atoms with van der Waals surface area (Å²) in [6.45, 7) is 4.86. The number of para-hydroxylation sites is 1. The number of allylic oxidation sites excluding steroid dienone is 4. The van der Waals surface area contributed by atoms with Crippen molar-refractivity contribution in [3.8, 4) is 0 Å². The topological polar surface area (TPSA) is 98.1 Å². The molecule has 1 aliphatic carbocycles. The lowest BCUT2D eigenvalue weighted by molar-refractivity contribution is -0.113. The van der Waals surface area contributed by atoms with E-state index in [2.05, 4.69) is 9.71 Å². The van der Waals surface area contributed by atoms with Crippen LogP contribution in [0.15, 0.2) is 60.7 Å². The fourth-order valence-corrected chi connectivity index (χ4v) is 5.58. The third-order valence-electron chi connectivity index (χ3n) is 6.76. The number of aromatic nitrogens is 2. The second-order valence-electron chi connectivity index (χ2n) is 9.72. The first-order valence-corrected chi connectivity index (χ1v) is 14.6. The summed E-state index contributed by atoms with van der Waals surface area (Å²) < 4.78 is 29.4. The number of pyridine rings is 1. The van der Waals surface area contributed by atoms with Gasteiger partial charge in [-0.2, -0.15) is 0 Å². The fraction of sp³-hybridized carbons (Fsp3) is 0.207. The Labute approximate surface area is 236 Å². The van der Waals surface area contributed by atoms with Gasteiger partial charge in [0.05, 0.1) is 22.8 Å². The highest BCUT2D eigenvalue weighted by atomic mass is 35.5. The molecule has 0 spiro atoms. The summed E-state index contributed by atoms with van der Waals surface area (Å²) in [6.07, 6.45) is 5.29. The van der Waals surface area contributed by atoms with Gasteiger partial charge in [-0.15, -0.1) is 0 Å². The first kappa shape index (κ1) is 27.1. The van der Waals surface area contributed by atoms with Crippen LogP contribution in [0.1, 0.15) is 47.4 Å². The monoisotopic (exact) mass is 581 g/mol. The Morgan fingerprint density at radius 1 is 1.15 bits per heavy atom. The molecule has 0 saturated carbocycles. The zero-order valence-electron chi connectivity index (χ0n) is 21.5. The van der Waals surface area contributed by atoms with Crippen molar-refractivity contribution >= 4 is 72.3 Å². The van der Waals surface area contributed by atoms with Crippen LogP contribution in [0.2, 0.25) is 10.2 Å². The van der Waals surface area contributed by atoms with E-state index < -0.39 is 21.2 Å². The summed E-state index contributed by atoms with van der Waals surface area (Å²) in [4.78, 5) is 31.4. The maximum atomic E-state index is 13.8. The van der Waals surface area contributed by atoms with E-state index in [1.165, 1.54) is 13.8 Å². The maximum absolute atomic E-state index is 13.8. The van der Waals surface area contributed by atoms with Crippen molar-refractivity contribution in [1.29, 1.82) is 0 Å². The molecule has 0 fully saturated rings. The van der Waals surface area contributed by atoms with Crippen LogP contribution in [0.3, 0.4) is 0 Å². The van der Waals surface area contributed by atoms with Crippen LogP contribution in [0.5, 0.6) is 0 Å². The van der Waals surface area contributed by atoms with E-state index in [9.17, 15) is 18.0 Å². The van der Waals surface area contributed by atoms with Crippen LogP contribution < -0.4 is 4.72 Å². The predicted molar refractivity (Wildman–Crippen MR) is 156 cm³/mol. The van der Waals surface area contributed by atoms with Gasteiger partial charge in [0.15, 0.2) is 5.78 Å². The van der Waals surface area contributed by atoms with Crippen molar-refractivity contribution in [2.75, 3.05) is 0 Å². The van der Waals surface area contributed by atoms with Gasteiger partial charge in [-0.25, -0.2) is 18.1 Å². The normalized spacial score (nSPS) is 13.9. The SMILES string of the molecule is Cc1cc2c(C3=CC=CCC3=O)c(C(=O)NS(=O)(=O)C(C)C)n(Cc3cc4ccccc4nc3Cl)c2cc1Cl. The third-order valence-corrected chi connectivity index (χ3v) is 9.21. The number of benzene rings is 2. The number of hydrogen-bond acceptors (Lipinski definition) is 5. The number of nitrogens with zero attached hydrogens (tertiary/aromatic N) is 2. The van der Waals surface area contributed by atoms with E-state index in [0.717, 1.165) is 10.9 Å². The molecule has 0 bridgehead atoms. The zero-order valence-corrected chi connectivity index (χ0v) is 23.8. The van der Waals surface area contributed by atoms with E-state index in [1.807, 2.05) is 43.3 Å². The number of aryl methyl sites for hydroxylation is 1. The highest BCUT2D eigenvalue weighted by Crippen LogP contribution is 2.38. The largest absolute Gasteiger partial charge is 0.331 e. The molecular weight excluding hydrogens is 557 g/mol. The van der Waals surface area contributed by atoms with E-state index in [-0.39, 0.29) is 29.6 Å². The van der Waals surface area contributed by atoms with Crippen molar-refractivity contribution in [2.45, 2.75) is 39.0 Å². The Hall–Kier alpha value is -3.46. The summed E-state index contributed by atoms with van der Waals surface area (Å²) in [5.41, 5.74) is 3.32. The highest BCUT2D eigenvalue weighted by Gasteiger charge is 2.31. The van der Waals surface area contributed by atoms with Gasteiger partial charge in [0.25, 0.3) is 5.91 Å². The first-order valence-electron chi connectivity index (χ1n) is 12.3. The van der Waals surface area contributed by atoms with E-state index in [0.29, 0.717) is 38.1 Å². The number of ketones is 1. The second kappa shape index (κ2) is 10.3. The molecule has 4 aromatic rings. The molecule has 1 amide bonds. The van der Waals surface area contributed by atoms with Gasteiger partial charge in [-0.3, -0.25) is 9.59 Å². The lowest BCUT2D eigenvalue weighted by Crippen LogP contribution is -2.37. The van der Waals surface area contributed by atoms with Crippen molar-refractivity contribution in [1.82, 2.24) is 14.3 Å². The molecule has 200 valence electrons. The fourth-order valence-electron chi connectivity index (χ4n) is 4.63. The predicted octanol–water partition coefficient (Wildman–Crippen LogP) is 6.23. The summed E-state index contributed by atoms with van der Waals surface area (Å²) in [5, 5.41) is 1.31. The molecule has 0 aliphatic heterocycles. The lowest BCUT2D eigenvalue weighted by atomic mass is 9.93. The molecule has 0 unspecified atom stereocenters. The van der Waals surface area contributed by atoms with Gasteiger partial charge in [-0.05, 0) is 50.6 Å². The van der Waals surface area contributed by atoms with E-state index in [4.69, 9.17) is 23.2 Å². The summed E-state index contributed by atoms with van der Waals surface area (Å²) in [7, 11) is -3.98. The number of carbonyl (C=O) groups is 2. The van der Waals surface area contributed by atoms with Crippen molar-refractivity contribution in [3.05, 3.63) is 93.3 Å². The van der Waals surface area contributed by atoms with Crippen LogP contribution in [0.25, 0.3) is 27.4 Å². The first-order chi connectivity index (χ1) is 18.5. The lowest BCUT2D eigenvalue weighted by Gasteiger charge is -2.16. The van der Waals surface area contributed by atoms with Gasteiger partial charge in [0.1, 0.15) is 10.8 Å². The number of fused-ring (bicyclic) bond motifs is 2. The number of sulfonamides is 1. The van der Waals surface area contributed by atoms with Crippen LogP contribution in [0, 0.1) is 6.92 Å². The molecule has 2 heterocycles. The molecule has 1 N–H and O–H groups in total. The Morgan fingerprint density at radius 3 is 2.62 bits per heavy atom. The Kier molecular flexibility index (Phi) is 7.13. The summed E-state index contributed by atoms with van der Waals surface area (Å²) in [5.74, 6) is -1.04. The Bertz CT molecular complexity index is 1850. The minimum Gasteiger partial charge on any atom is -0.331 e. The van der Waals surface area contributed by atoms with Crippen LogP contribution >= 0.6 is 23.2 Å². The van der Waals surface area contributed by atoms with Crippen molar-refractivity contribution in [3.63, 3.8) is 0 Å². The number of amides is 1. The molecule has 7 nitrogen and oxygen atoms in total. The zero-order chi connectivity index (χ0) is 28.1. The average molecular weight is 583 g/mol. The highest BCUT2D eigenvalue weighted by molar-refractivity contribution is 7.90. The molecule has 39 heavy (non-hydrogen) atoms. The molecule has 1 aliphatic rings. The summed E-state index contributed by atoms with van der Waals surface area (Å²) >= 11 is 13.1. The minimum absolute atomic E-state index is 0.0232. The molecular formula is C29H25Cl2N3O4S. The molecule has 0 atom stereocenters. The Balaban J connectivity index is 1.83. The second-order valence-corrected chi connectivity index (χ2v) is 12.7. The van der Waals surface area contributed by atoms with Crippen LogP contribution in [0.4, 0.5) is 0 Å². The average Bonchev–Trinajstić information content (AvgIpc) is 3.17. The number of rotatable bonds is 6. The van der Waals surface area contributed by atoms with Crippen molar-refractivity contribution < 1.29 is 18.0 Å². The molecule has 10 heteroatoms.